The van der Waals surface area contributed by atoms with Gasteiger partial charge in [0, 0.05) is 31.7 Å². The van der Waals surface area contributed by atoms with Crippen molar-refractivity contribution in [3.63, 3.8) is 0 Å². The maximum absolute atomic E-state index is 12.2. The highest BCUT2D eigenvalue weighted by Gasteiger charge is 2.30. The molecule has 2 unspecified atom stereocenters. The Morgan fingerprint density at radius 3 is 2.77 bits per heavy atom. The van der Waals surface area contributed by atoms with Crippen LogP contribution in [0.2, 0.25) is 0 Å². The molecule has 1 aromatic heterocycles. The predicted molar refractivity (Wildman–Crippen MR) is 102 cm³/mol. The van der Waals surface area contributed by atoms with Gasteiger partial charge in [-0.25, -0.2) is 9.97 Å². The fourth-order valence-electron chi connectivity index (χ4n) is 3.06. The molecule has 7 heteroatoms. The Bertz CT molecular complexity index is 784. The van der Waals surface area contributed by atoms with Crippen LogP contribution in [0, 0.1) is 6.92 Å². The van der Waals surface area contributed by atoms with Gasteiger partial charge in [0.05, 0.1) is 0 Å². The van der Waals surface area contributed by atoms with Gasteiger partial charge in [0.1, 0.15) is 23.3 Å². The molecule has 0 aliphatic carbocycles. The molecular weight excluding hydrogens is 352 g/mol. The third-order valence-corrected chi connectivity index (χ3v) is 4.70. The quantitative estimate of drug-likeness (QED) is 0.769. The van der Waals surface area contributed by atoms with E-state index < -0.39 is 5.38 Å². The van der Waals surface area contributed by atoms with Crippen LogP contribution >= 0.6 is 11.6 Å². The van der Waals surface area contributed by atoms with Crippen LogP contribution in [0.4, 0.5) is 5.82 Å². The van der Waals surface area contributed by atoms with Crippen LogP contribution in [0.5, 0.6) is 11.6 Å². The van der Waals surface area contributed by atoms with Crippen LogP contribution in [0.1, 0.15) is 19.4 Å². The fourth-order valence-corrected chi connectivity index (χ4v) is 3.19. The fraction of sp³-hybridized carbons (Fsp3) is 0.421. The minimum atomic E-state index is -0.503. The molecular formula is C19H23ClN4O2. The molecule has 2 atom stereocenters. The molecule has 0 bridgehead atoms. The van der Waals surface area contributed by atoms with Crippen LogP contribution < -0.4 is 9.64 Å². The van der Waals surface area contributed by atoms with Gasteiger partial charge in [0.15, 0.2) is 0 Å². The standard InChI is InChI=1S/C19H23ClN4O2/c1-13-6-4-5-7-16(13)26-18-10-17(21-12-22-18)23-8-9-24(14(2)11-23)19(25)15(3)20/h4-7,10,12,14-15H,8-9,11H2,1-3H3. The summed E-state index contributed by atoms with van der Waals surface area (Å²) in [6, 6.07) is 9.70. The Kier molecular flexibility index (Phi) is 5.61. The van der Waals surface area contributed by atoms with Crippen LogP contribution in [0.25, 0.3) is 0 Å². The second kappa shape index (κ2) is 7.91. The maximum atomic E-state index is 12.2. The lowest BCUT2D eigenvalue weighted by Gasteiger charge is -2.40. The number of nitrogens with zero attached hydrogens (tertiary/aromatic N) is 4. The summed E-state index contributed by atoms with van der Waals surface area (Å²) < 4.78 is 5.90. The summed E-state index contributed by atoms with van der Waals surface area (Å²) in [6.07, 6.45) is 1.51. The number of para-hydroxylation sites is 1. The van der Waals surface area contributed by atoms with E-state index in [0.29, 0.717) is 25.5 Å². The lowest BCUT2D eigenvalue weighted by Crippen LogP contribution is -2.55. The van der Waals surface area contributed by atoms with Crippen molar-refractivity contribution in [3.05, 3.63) is 42.2 Å². The molecule has 3 rings (SSSR count). The molecule has 1 amide bonds. The lowest BCUT2D eigenvalue weighted by atomic mass is 10.1. The molecule has 26 heavy (non-hydrogen) atoms. The summed E-state index contributed by atoms with van der Waals surface area (Å²) in [6.45, 7) is 7.73. The third kappa shape index (κ3) is 4.07. The average Bonchev–Trinajstić information content (AvgIpc) is 2.63. The minimum absolute atomic E-state index is 0.0231. The molecule has 1 saturated heterocycles. The van der Waals surface area contributed by atoms with E-state index in [4.69, 9.17) is 16.3 Å². The first-order valence-corrected chi connectivity index (χ1v) is 9.14. The van der Waals surface area contributed by atoms with E-state index in [1.165, 1.54) is 6.33 Å². The van der Waals surface area contributed by atoms with Crippen LogP contribution in [-0.2, 0) is 4.79 Å². The van der Waals surface area contributed by atoms with E-state index in [9.17, 15) is 4.79 Å². The number of aryl methyl sites for hydroxylation is 1. The third-order valence-electron chi connectivity index (χ3n) is 4.51. The number of halogens is 1. The average molecular weight is 375 g/mol. The number of benzene rings is 1. The number of rotatable bonds is 4. The lowest BCUT2D eigenvalue weighted by molar-refractivity contribution is -0.132. The molecule has 1 aliphatic rings. The van der Waals surface area contributed by atoms with Crippen molar-refractivity contribution in [2.24, 2.45) is 0 Å². The van der Waals surface area contributed by atoms with E-state index in [2.05, 4.69) is 14.9 Å². The first kappa shape index (κ1) is 18.5. The minimum Gasteiger partial charge on any atom is -0.439 e. The van der Waals surface area contributed by atoms with Crippen LogP contribution in [-0.4, -0.2) is 51.8 Å². The molecule has 0 saturated carbocycles. The highest BCUT2D eigenvalue weighted by atomic mass is 35.5. The Balaban J connectivity index is 1.71. The first-order chi connectivity index (χ1) is 12.5. The summed E-state index contributed by atoms with van der Waals surface area (Å²) in [5, 5.41) is -0.503. The number of aromatic nitrogens is 2. The highest BCUT2D eigenvalue weighted by Crippen LogP contribution is 2.26. The number of hydrogen-bond donors (Lipinski definition) is 0. The zero-order valence-corrected chi connectivity index (χ0v) is 16.0. The van der Waals surface area contributed by atoms with Gasteiger partial charge < -0.3 is 14.5 Å². The van der Waals surface area contributed by atoms with Gasteiger partial charge in [-0.05, 0) is 32.4 Å². The van der Waals surface area contributed by atoms with Crippen molar-refractivity contribution in [2.45, 2.75) is 32.2 Å². The normalized spacial score (nSPS) is 18.5. The number of carbonyl (C=O) groups is 1. The highest BCUT2D eigenvalue weighted by molar-refractivity contribution is 6.30. The van der Waals surface area contributed by atoms with Crippen molar-refractivity contribution in [1.82, 2.24) is 14.9 Å². The molecule has 0 N–H and O–H groups in total. The smallest absolute Gasteiger partial charge is 0.240 e. The maximum Gasteiger partial charge on any atom is 0.240 e. The van der Waals surface area contributed by atoms with E-state index in [1.54, 1.807) is 6.92 Å². The van der Waals surface area contributed by atoms with Crippen molar-refractivity contribution in [2.75, 3.05) is 24.5 Å². The van der Waals surface area contributed by atoms with Gasteiger partial charge in [-0.15, -0.1) is 11.6 Å². The molecule has 1 aliphatic heterocycles. The Morgan fingerprint density at radius 1 is 1.31 bits per heavy atom. The summed E-state index contributed by atoms with van der Waals surface area (Å²) in [4.78, 5) is 24.7. The van der Waals surface area contributed by atoms with Gasteiger partial charge >= 0.3 is 0 Å². The number of alkyl halides is 1. The summed E-state index contributed by atoms with van der Waals surface area (Å²) in [7, 11) is 0. The SMILES string of the molecule is Cc1ccccc1Oc1cc(N2CCN(C(=O)C(C)Cl)C(C)C2)ncn1. The molecule has 1 aromatic carbocycles. The Morgan fingerprint density at radius 2 is 2.08 bits per heavy atom. The monoisotopic (exact) mass is 374 g/mol. The van der Waals surface area contributed by atoms with Gasteiger partial charge in [-0.3, -0.25) is 4.79 Å². The van der Waals surface area contributed by atoms with Gasteiger partial charge in [0.25, 0.3) is 0 Å². The second-order valence-electron chi connectivity index (χ2n) is 6.52. The van der Waals surface area contributed by atoms with Crippen molar-refractivity contribution in [3.8, 4) is 11.6 Å². The van der Waals surface area contributed by atoms with Crippen molar-refractivity contribution >= 4 is 23.3 Å². The van der Waals surface area contributed by atoms with Crippen molar-refractivity contribution in [1.29, 1.82) is 0 Å². The van der Waals surface area contributed by atoms with Gasteiger partial charge in [-0.1, -0.05) is 18.2 Å². The molecule has 0 spiro atoms. The number of anilines is 1. The molecule has 0 radical (unpaired) electrons. The Labute approximate surface area is 158 Å². The zero-order valence-electron chi connectivity index (χ0n) is 15.2. The van der Waals surface area contributed by atoms with E-state index >= 15 is 0 Å². The number of hydrogen-bond acceptors (Lipinski definition) is 5. The van der Waals surface area contributed by atoms with E-state index in [-0.39, 0.29) is 11.9 Å². The Hall–Kier alpha value is -2.34. The van der Waals surface area contributed by atoms with E-state index in [0.717, 1.165) is 17.1 Å². The molecule has 138 valence electrons. The van der Waals surface area contributed by atoms with Crippen molar-refractivity contribution < 1.29 is 9.53 Å². The topological polar surface area (TPSA) is 58.6 Å². The summed E-state index contributed by atoms with van der Waals surface area (Å²) in [5.41, 5.74) is 1.05. The molecule has 2 aromatic rings. The number of carbonyl (C=O) groups excluding carboxylic acids is 1. The predicted octanol–water partition coefficient (Wildman–Crippen LogP) is 3.24. The van der Waals surface area contributed by atoms with Crippen LogP contribution in [0.15, 0.2) is 36.7 Å². The number of piperazine rings is 1. The summed E-state index contributed by atoms with van der Waals surface area (Å²) in [5.74, 6) is 2.05. The zero-order chi connectivity index (χ0) is 18.7. The number of amides is 1. The van der Waals surface area contributed by atoms with Crippen LogP contribution in [0.3, 0.4) is 0 Å². The second-order valence-corrected chi connectivity index (χ2v) is 7.18. The summed E-state index contributed by atoms with van der Waals surface area (Å²) >= 11 is 5.95. The van der Waals surface area contributed by atoms with Gasteiger partial charge in [0.2, 0.25) is 11.8 Å². The van der Waals surface area contributed by atoms with E-state index in [1.807, 2.05) is 49.1 Å². The largest absolute Gasteiger partial charge is 0.439 e. The first-order valence-electron chi connectivity index (χ1n) is 8.70. The van der Waals surface area contributed by atoms with Gasteiger partial charge in [-0.2, -0.15) is 0 Å². The molecule has 6 nitrogen and oxygen atoms in total. The molecule has 1 fully saturated rings. The molecule has 2 heterocycles. The number of ether oxygens (including phenoxy) is 1.